The van der Waals surface area contributed by atoms with Crippen LogP contribution in [0.3, 0.4) is 0 Å². The fourth-order valence-electron chi connectivity index (χ4n) is 6.03. The maximum atomic E-state index is 13.3. The van der Waals surface area contributed by atoms with Crippen molar-refractivity contribution in [2.75, 3.05) is 19.6 Å². The number of nitrogens with zero attached hydrogens (tertiary/aromatic N) is 1. The molecule has 1 fully saturated rings. The van der Waals surface area contributed by atoms with Crippen molar-refractivity contribution in [1.29, 1.82) is 0 Å². The summed E-state index contributed by atoms with van der Waals surface area (Å²) in [5.74, 6) is 0.175. The minimum Gasteiger partial charge on any atom is -0.349 e. The van der Waals surface area contributed by atoms with Gasteiger partial charge in [0, 0.05) is 36.2 Å². The number of likely N-dealkylation sites (tertiary alicyclic amines) is 1. The molecule has 4 nitrogen and oxygen atoms in total. The highest BCUT2D eigenvalue weighted by atomic mass is 16.2. The molecule has 0 aromatic heterocycles. The summed E-state index contributed by atoms with van der Waals surface area (Å²) >= 11 is 0. The molecule has 1 heterocycles. The summed E-state index contributed by atoms with van der Waals surface area (Å²) in [5.41, 5.74) is 6.19. The van der Waals surface area contributed by atoms with Crippen molar-refractivity contribution in [3.05, 3.63) is 131 Å². The molecule has 4 aromatic rings. The second kappa shape index (κ2) is 10.8. The zero-order valence-corrected chi connectivity index (χ0v) is 21.5. The van der Waals surface area contributed by atoms with Crippen molar-refractivity contribution >= 4 is 11.7 Å². The van der Waals surface area contributed by atoms with E-state index < -0.39 is 0 Å². The number of amides is 1. The van der Waals surface area contributed by atoms with Gasteiger partial charge in [-0.05, 0) is 54.1 Å². The zero-order valence-electron chi connectivity index (χ0n) is 21.5. The second-order valence-corrected chi connectivity index (χ2v) is 10.4. The predicted molar refractivity (Wildman–Crippen MR) is 152 cm³/mol. The molecule has 0 radical (unpaired) electrons. The van der Waals surface area contributed by atoms with Crippen LogP contribution in [-0.4, -0.2) is 42.3 Å². The molecule has 2 aliphatic rings. The standard InChI is InChI=1S/C34H32N2O2/c37-33-30-15-8-7-14-28(30)29-16-9-17-31(32(29)33)34(38)35-26-18-21-36(22-19-26)23-20-27(24-10-3-1-4-11-24)25-12-5-2-6-13-25/h1-17,26-27H,18-23H2,(H,35,38). The number of rotatable bonds is 7. The summed E-state index contributed by atoms with van der Waals surface area (Å²) in [4.78, 5) is 28.9. The van der Waals surface area contributed by atoms with E-state index in [-0.39, 0.29) is 17.7 Å². The molecule has 190 valence electrons. The van der Waals surface area contributed by atoms with Gasteiger partial charge in [-0.1, -0.05) is 97.1 Å². The number of fused-ring (bicyclic) bond motifs is 3. The Kier molecular flexibility index (Phi) is 6.89. The summed E-state index contributed by atoms with van der Waals surface area (Å²) in [6.07, 6.45) is 2.89. The van der Waals surface area contributed by atoms with E-state index in [1.165, 1.54) is 11.1 Å². The highest BCUT2D eigenvalue weighted by Crippen LogP contribution is 2.38. The molecular formula is C34H32N2O2. The van der Waals surface area contributed by atoms with E-state index in [0.29, 0.717) is 22.6 Å². The van der Waals surface area contributed by atoms with Gasteiger partial charge in [-0.25, -0.2) is 0 Å². The van der Waals surface area contributed by atoms with Crippen LogP contribution in [0.2, 0.25) is 0 Å². The maximum Gasteiger partial charge on any atom is 0.252 e. The molecule has 4 heteroatoms. The Morgan fingerprint density at radius 3 is 1.97 bits per heavy atom. The molecule has 1 aliphatic heterocycles. The quantitative estimate of drug-likeness (QED) is 0.285. The van der Waals surface area contributed by atoms with E-state index in [1.807, 2.05) is 36.4 Å². The molecule has 1 saturated heterocycles. The summed E-state index contributed by atoms with van der Waals surface area (Å²) in [6, 6.07) is 34.8. The fraction of sp³-hybridized carbons (Fsp3) is 0.235. The topological polar surface area (TPSA) is 49.4 Å². The minimum absolute atomic E-state index is 0.0532. The highest BCUT2D eigenvalue weighted by Gasteiger charge is 2.31. The van der Waals surface area contributed by atoms with Gasteiger partial charge in [0.1, 0.15) is 0 Å². The van der Waals surface area contributed by atoms with E-state index in [1.54, 1.807) is 6.07 Å². The number of nitrogens with one attached hydrogen (secondary N) is 1. The Hall–Kier alpha value is -4.02. The van der Waals surface area contributed by atoms with E-state index in [0.717, 1.165) is 50.0 Å². The Labute approximate surface area is 224 Å². The van der Waals surface area contributed by atoms with Crippen LogP contribution in [0.4, 0.5) is 0 Å². The second-order valence-electron chi connectivity index (χ2n) is 10.4. The van der Waals surface area contributed by atoms with Crippen molar-refractivity contribution in [2.45, 2.75) is 31.2 Å². The summed E-state index contributed by atoms with van der Waals surface area (Å²) < 4.78 is 0. The first-order valence-corrected chi connectivity index (χ1v) is 13.6. The van der Waals surface area contributed by atoms with Crippen molar-refractivity contribution in [1.82, 2.24) is 10.2 Å². The van der Waals surface area contributed by atoms with Gasteiger partial charge in [0.25, 0.3) is 5.91 Å². The van der Waals surface area contributed by atoms with Gasteiger partial charge in [-0.2, -0.15) is 0 Å². The zero-order chi connectivity index (χ0) is 25.9. The molecule has 0 bridgehead atoms. The predicted octanol–water partition coefficient (Wildman–Crippen LogP) is 6.31. The van der Waals surface area contributed by atoms with Crippen LogP contribution in [-0.2, 0) is 0 Å². The number of carbonyl (C=O) groups excluding carboxylic acids is 2. The van der Waals surface area contributed by atoms with Crippen LogP contribution in [0, 0.1) is 0 Å². The van der Waals surface area contributed by atoms with Gasteiger partial charge in [-0.15, -0.1) is 0 Å². The number of piperidine rings is 1. The SMILES string of the molecule is O=C(NC1CCN(CCC(c2ccccc2)c2ccccc2)CC1)c1cccc2c1C(=O)c1ccccc1-2. The Morgan fingerprint density at radius 2 is 1.32 bits per heavy atom. The first kappa shape index (κ1) is 24.3. The molecule has 4 aromatic carbocycles. The van der Waals surface area contributed by atoms with Crippen molar-refractivity contribution in [3.8, 4) is 11.1 Å². The average Bonchev–Trinajstić information content (AvgIpc) is 3.27. The summed E-state index contributed by atoms with van der Waals surface area (Å²) in [7, 11) is 0. The molecule has 0 spiro atoms. The molecule has 6 rings (SSSR count). The molecular weight excluding hydrogens is 468 g/mol. The van der Waals surface area contributed by atoms with Gasteiger partial charge < -0.3 is 10.2 Å². The van der Waals surface area contributed by atoms with E-state index in [2.05, 4.69) is 70.9 Å². The normalized spacial score (nSPS) is 15.3. The van der Waals surface area contributed by atoms with Crippen molar-refractivity contribution in [3.63, 3.8) is 0 Å². The Balaban J connectivity index is 1.07. The molecule has 1 aliphatic carbocycles. The maximum absolute atomic E-state index is 13.3. The highest BCUT2D eigenvalue weighted by molar-refractivity contribution is 6.25. The molecule has 1 N–H and O–H groups in total. The van der Waals surface area contributed by atoms with Crippen LogP contribution in [0.15, 0.2) is 103 Å². The minimum atomic E-state index is -0.144. The van der Waals surface area contributed by atoms with E-state index in [4.69, 9.17) is 0 Å². The lowest BCUT2D eigenvalue weighted by molar-refractivity contribution is 0.0903. The third-order valence-electron chi connectivity index (χ3n) is 8.06. The molecule has 1 amide bonds. The largest absolute Gasteiger partial charge is 0.349 e. The monoisotopic (exact) mass is 500 g/mol. The van der Waals surface area contributed by atoms with Gasteiger partial charge in [0.05, 0.1) is 5.56 Å². The lowest BCUT2D eigenvalue weighted by Crippen LogP contribution is -2.45. The van der Waals surface area contributed by atoms with Crippen LogP contribution in [0.25, 0.3) is 11.1 Å². The van der Waals surface area contributed by atoms with E-state index >= 15 is 0 Å². The van der Waals surface area contributed by atoms with Gasteiger partial charge in [0.15, 0.2) is 5.78 Å². The van der Waals surface area contributed by atoms with Crippen LogP contribution in [0.5, 0.6) is 0 Å². The average molecular weight is 501 g/mol. The molecule has 0 unspecified atom stereocenters. The first-order chi connectivity index (χ1) is 18.7. The van der Waals surface area contributed by atoms with Crippen molar-refractivity contribution in [2.24, 2.45) is 0 Å². The first-order valence-electron chi connectivity index (χ1n) is 13.6. The van der Waals surface area contributed by atoms with Gasteiger partial charge >= 0.3 is 0 Å². The number of benzene rings is 4. The fourth-order valence-corrected chi connectivity index (χ4v) is 6.03. The number of hydrogen-bond acceptors (Lipinski definition) is 3. The van der Waals surface area contributed by atoms with Crippen molar-refractivity contribution < 1.29 is 9.59 Å². The smallest absolute Gasteiger partial charge is 0.252 e. The van der Waals surface area contributed by atoms with Crippen LogP contribution in [0.1, 0.15) is 62.6 Å². The van der Waals surface area contributed by atoms with E-state index in [9.17, 15) is 9.59 Å². The Bertz CT molecular complexity index is 1400. The molecule has 0 atom stereocenters. The lowest BCUT2D eigenvalue weighted by Gasteiger charge is -2.33. The lowest BCUT2D eigenvalue weighted by atomic mass is 9.88. The molecule has 38 heavy (non-hydrogen) atoms. The summed E-state index contributed by atoms with van der Waals surface area (Å²) in [5, 5.41) is 3.23. The van der Waals surface area contributed by atoms with Gasteiger partial charge in [-0.3, -0.25) is 9.59 Å². The number of ketones is 1. The number of carbonyl (C=O) groups is 2. The van der Waals surface area contributed by atoms with Crippen LogP contribution >= 0.6 is 0 Å². The third-order valence-corrected chi connectivity index (χ3v) is 8.06. The number of hydrogen-bond donors (Lipinski definition) is 1. The Morgan fingerprint density at radius 1 is 0.737 bits per heavy atom. The summed E-state index contributed by atoms with van der Waals surface area (Å²) in [6.45, 7) is 2.94. The van der Waals surface area contributed by atoms with Gasteiger partial charge in [0.2, 0.25) is 0 Å². The third kappa shape index (κ3) is 4.80. The van der Waals surface area contributed by atoms with Crippen LogP contribution < -0.4 is 5.32 Å². The molecule has 0 saturated carbocycles.